The van der Waals surface area contributed by atoms with Gasteiger partial charge in [-0.3, -0.25) is 4.79 Å². The Morgan fingerprint density at radius 2 is 2.00 bits per heavy atom. The zero-order valence-corrected chi connectivity index (χ0v) is 15.7. The molecule has 0 unspecified atom stereocenters. The smallest absolute Gasteiger partial charge is 0.337 e. The number of esters is 1. The highest BCUT2D eigenvalue weighted by molar-refractivity contribution is 6.09. The van der Waals surface area contributed by atoms with Crippen LogP contribution in [0, 0.1) is 0 Å². The number of carbonyl (C=O) groups excluding carboxylic acids is 2. The van der Waals surface area contributed by atoms with Crippen LogP contribution in [-0.4, -0.2) is 53.7 Å². The molecule has 1 amide bonds. The van der Waals surface area contributed by atoms with Gasteiger partial charge in [-0.05, 0) is 24.3 Å². The number of aromatic nitrogens is 1. The second-order valence-electron chi connectivity index (χ2n) is 6.45. The number of aliphatic hydroxyl groups excluding tert-OH is 1. The third-order valence-electron chi connectivity index (χ3n) is 4.66. The van der Waals surface area contributed by atoms with Crippen molar-refractivity contribution in [1.29, 1.82) is 0 Å². The molecule has 4 rings (SSSR count). The Labute approximate surface area is 166 Å². The Hall–Kier alpha value is -3.65. The minimum Gasteiger partial charge on any atom is -0.466 e. The number of carbonyl (C=O) groups is 2. The molecule has 2 N–H and O–H groups in total. The fourth-order valence-electron chi connectivity index (χ4n) is 3.25. The average molecular weight is 393 g/mol. The zero-order valence-electron chi connectivity index (χ0n) is 15.7. The van der Waals surface area contributed by atoms with Crippen molar-refractivity contribution < 1.29 is 23.8 Å². The van der Waals surface area contributed by atoms with Crippen molar-refractivity contribution in [2.45, 2.75) is 0 Å². The van der Waals surface area contributed by atoms with Gasteiger partial charge >= 0.3 is 5.97 Å². The molecule has 0 saturated carbocycles. The van der Waals surface area contributed by atoms with E-state index in [0.717, 1.165) is 5.52 Å². The number of anilines is 1. The summed E-state index contributed by atoms with van der Waals surface area (Å²) < 4.78 is 10.7. The van der Waals surface area contributed by atoms with E-state index < -0.39 is 5.97 Å². The molecule has 2 heterocycles. The topological polar surface area (TPSA) is 105 Å². The van der Waals surface area contributed by atoms with Crippen LogP contribution in [0.1, 0.15) is 0 Å². The molecule has 0 fully saturated rings. The van der Waals surface area contributed by atoms with Crippen LogP contribution >= 0.6 is 0 Å². The van der Waals surface area contributed by atoms with Crippen molar-refractivity contribution in [3.63, 3.8) is 0 Å². The van der Waals surface area contributed by atoms with Crippen LogP contribution < -0.4 is 5.32 Å². The largest absolute Gasteiger partial charge is 0.466 e. The van der Waals surface area contributed by atoms with E-state index >= 15 is 0 Å². The summed E-state index contributed by atoms with van der Waals surface area (Å²) in [5.41, 5.74) is 2.91. The molecule has 0 saturated heterocycles. The summed E-state index contributed by atoms with van der Waals surface area (Å²) in [5, 5.41) is 12.3. The highest BCUT2D eigenvalue weighted by Gasteiger charge is 2.34. The number of fused-ring (bicyclic) bond motifs is 1. The van der Waals surface area contributed by atoms with E-state index in [9.17, 15) is 14.7 Å². The molecule has 8 heteroatoms. The van der Waals surface area contributed by atoms with Gasteiger partial charge in [-0.1, -0.05) is 24.3 Å². The minimum atomic E-state index is -0.597. The summed E-state index contributed by atoms with van der Waals surface area (Å²) in [7, 11) is 1.26. The lowest BCUT2D eigenvalue weighted by molar-refractivity contribution is -0.136. The molecule has 1 aliphatic rings. The lowest BCUT2D eigenvalue weighted by atomic mass is 10.1. The van der Waals surface area contributed by atoms with Gasteiger partial charge in [0.15, 0.2) is 5.58 Å². The van der Waals surface area contributed by atoms with E-state index in [0.29, 0.717) is 22.7 Å². The Balaban J connectivity index is 1.74. The van der Waals surface area contributed by atoms with Gasteiger partial charge in [-0.25, -0.2) is 9.78 Å². The summed E-state index contributed by atoms with van der Waals surface area (Å²) in [6.07, 6.45) is 0. The maximum Gasteiger partial charge on any atom is 0.337 e. The van der Waals surface area contributed by atoms with Gasteiger partial charge in [-0.2, -0.15) is 0 Å². The lowest BCUT2D eigenvalue weighted by Gasteiger charge is -2.15. The van der Waals surface area contributed by atoms with Gasteiger partial charge in [0.25, 0.3) is 5.91 Å². The first-order chi connectivity index (χ1) is 14.1. The Kier molecular flexibility index (Phi) is 5.01. The van der Waals surface area contributed by atoms with Gasteiger partial charge in [0.1, 0.15) is 11.2 Å². The molecular formula is C21H19N3O5. The Morgan fingerprint density at radius 3 is 2.76 bits per heavy atom. The molecule has 0 bridgehead atoms. The second-order valence-corrected chi connectivity index (χ2v) is 6.45. The molecule has 0 aliphatic carbocycles. The molecule has 0 spiro atoms. The number of β-amino-alcohol motifs (C(OH)–C–C–N with tert-alkyl or cyclic N) is 1. The van der Waals surface area contributed by atoms with E-state index in [4.69, 9.17) is 9.15 Å². The number of hydrogen-bond donors (Lipinski definition) is 2. The number of benzene rings is 2. The number of nitrogens with one attached hydrogen (secondary N) is 1. The molecule has 8 nitrogen and oxygen atoms in total. The quantitative estimate of drug-likeness (QED) is 0.619. The van der Waals surface area contributed by atoms with E-state index in [1.807, 2.05) is 36.4 Å². The fourth-order valence-corrected chi connectivity index (χ4v) is 3.25. The maximum atomic E-state index is 12.8. The first-order valence-electron chi connectivity index (χ1n) is 9.06. The van der Waals surface area contributed by atoms with Crippen LogP contribution in [0.25, 0.3) is 22.6 Å². The zero-order chi connectivity index (χ0) is 20.4. The number of oxazole rings is 1. The highest BCUT2D eigenvalue weighted by atomic mass is 16.5. The van der Waals surface area contributed by atoms with Crippen molar-refractivity contribution in [2.75, 3.05) is 32.1 Å². The molecule has 1 aliphatic heterocycles. The van der Waals surface area contributed by atoms with Gasteiger partial charge in [-0.15, -0.1) is 0 Å². The molecule has 2 aromatic carbocycles. The number of para-hydroxylation sites is 3. The Morgan fingerprint density at radius 1 is 1.24 bits per heavy atom. The molecule has 148 valence electrons. The number of ether oxygens (including phenoxy) is 1. The Bertz CT molecular complexity index is 1090. The lowest BCUT2D eigenvalue weighted by Crippen LogP contribution is -2.31. The first kappa shape index (κ1) is 18.7. The van der Waals surface area contributed by atoms with Crippen molar-refractivity contribution in [1.82, 2.24) is 9.88 Å². The molecule has 29 heavy (non-hydrogen) atoms. The molecule has 0 radical (unpaired) electrons. The van der Waals surface area contributed by atoms with Crippen molar-refractivity contribution in [2.24, 2.45) is 0 Å². The number of nitrogens with zero attached hydrogens (tertiary/aromatic N) is 2. The number of rotatable bonds is 6. The summed E-state index contributed by atoms with van der Waals surface area (Å²) >= 11 is 0. The standard InChI is InChI=1S/C21H19N3O5/c1-28-21(27)14-12-24(10-11-25)20(26)18(14)22-15-7-3-2-6-13(15)19-23-16-8-4-5-9-17(16)29-19/h2-9,22,25H,10-12H2,1H3. The SMILES string of the molecule is COC(=O)C1=C(Nc2ccccc2-c2nc3ccccc3o2)C(=O)N(CCO)C1. The van der Waals surface area contributed by atoms with E-state index in [2.05, 4.69) is 10.3 Å². The number of hydrogen-bond acceptors (Lipinski definition) is 7. The van der Waals surface area contributed by atoms with Gasteiger partial charge in [0.2, 0.25) is 5.89 Å². The van der Waals surface area contributed by atoms with Gasteiger partial charge < -0.3 is 24.5 Å². The number of methoxy groups -OCH3 is 1. The van der Waals surface area contributed by atoms with Crippen molar-refractivity contribution >= 4 is 28.7 Å². The third kappa shape index (κ3) is 3.45. The van der Waals surface area contributed by atoms with Gasteiger partial charge in [0, 0.05) is 6.54 Å². The van der Waals surface area contributed by atoms with Crippen molar-refractivity contribution in [3.8, 4) is 11.5 Å². The number of amides is 1. The normalized spacial score (nSPS) is 14.0. The molecule has 1 aromatic heterocycles. The van der Waals surface area contributed by atoms with E-state index in [-0.39, 0.29) is 36.9 Å². The predicted molar refractivity (Wildman–Crippen MR) is 106 cm³/mol. The molecular weight excluding hydrogens is 374 g/mol. The average Bonchev–Trinajstić information content (AvgIpc) is 3.30. The van der Waals surface area contributed by atoms with Crippen LogP contribution in [0.15, 0.2) is 64.2 Å². The maximum absolute atomic E-state index is 12.8. The monoisotopic (exact) mass is 393 g/mol. The summed E-state index contributed by atoms with van der Waals surface area (Å²) in [6, 6.07) is 14.6. The van der Waals surface area contributed by atoms with Crippen LogP contribution in [0.4, 0.5) is 5.69 Å². The van der Waals surface area contributed by atoms with E-state index in [1.54, 1.807) is 12.1 Å². The van der Waals surface area contributed by atoms with Gasteiger partial charge in [0.05, 0.1) is 37.1 Å². The van der Waals surface area contributed by atoms with Crippen LogP contribution in [0.2, 0.25) is 0 Å². The highest BCUT2D eigenvalue weighted by Crippen LogP contribution is 2.32. The van der Waals surface area contributed by atoms with Crippen molar-refractivity contribution in [3.05, 3.63) is 59.8 Å². The summed E-state index contributed by atoms with van der Waals surface area (Å²) in [5.74, 6) is -0.584. The minimum absolute atomic E-state index is 0.0689. The summed E-state index contributed by atoms with van der Waals surface area (Å²) in [4.78, 5) is 30.9. The molecule has 0 atom stereocenters. The molecule has 3 aromatic rings. The van der Waals surface area contributed by atoms with E-state index in [1.165, 1.54) is 12.0 Å². The van der Waals surface area contributed by atoms with Crippen LogP contribution in [0.5, 0.6) is 0 Å². The number of aliphatic hydroxyl groups is 1. The van der Waals surface area contributed by atoms with Crippen LogP contribution in [0.3, 0.4) is 0 Å². The third-order valence-corrected chi connectivity index (χ3v) is 4.66. The fraction of sp³-hybridized carbons (Fsp3) is 0.190. The second kappa shape index (κ2) is 7.76. The summed E-state index contributed by atoms with van der Waals surface area (Å²) in [6.45, 7) is -0.0102. The first-order valence-corrected chi connectivity index (χ1v) is 9.06. The predicted octanol–water partition coefficient (Wildman–Crippen LogP) is 2.17. The van der Waals surface area contributed by atoms with Crippen LogP contribution in [-0.2, 0) is 14.3 Å².